The highest BCUT2D eigenvalue weighted by Crippen LogP contribution is 2.28. The highest BCUT2D eigenvalue weighted by molar-refractivity contribution is 5.69. The summed E-state index contributed by atoms with van der Waals surface area (Å²) in [5, 5.41) is 0. The summed E-state index contributed by atoms with van der Waals surface area (Å²) in [7, 11) is 7.00. The first-order chi connectivity index (χ1) is 9.56. The number of benzene rings is 1. The van der Waals surface area contributed by atoms with E-state index in [2.05, 4.69) is 9.64 Å². The van der Waals surface area contributed by atoms with Gasteiger partial charge in [0.1, 0.15) is 6.61 Å². The molecule has 5 nitrogen and oxygen atoms in total. The van der Waals surface area contributed by atoms with E-state index in [0.717, 1.165) is 17.9 Å². The standard InChI is InChI=1S/C15H23NO4/c1-16(2)9-10-20-13-7-5-12(11-14(13)18-3)6-8-15(17)19-4/h5,7,11H,6,8-10H2,1-4H3. The van der Waals surface area contributed by atoms with E-state index in [1.165, 1.54) is 7.11 Å². The maximum Gasteiger partial charge on any atom is 0.305 e. The Kier molecular flexibility index (Phi) is 6.87. The van der Waals surface area contributed by atoms with Crippen LogP contribution in [0, 0.1) is 0 Å². The Balaban J connectivity index is 2.62. The first-order valence-electron chi connectivity index (χ1n) is 6.58. The molecule has 0 aliphatic carbocycles. The Bertz CT molecular complexity index is 432. The normalized spacial score (nSPS) is 10.4. The van der Waals surface area contributed by atoms with E-state index in [0.29, 0.717) is 25.2 Å². The zero-order chi connectivity index (χ0) is 15.0. The van der Waals surface area contributed by atoms with Crippen LogP contribution in [0.2, 0.25) is 0 Å². The van der Waals surface area contributed by atoms with Gasteiger partial charge in [-0.3, -0.25) is 4.79 Å². The van der Waals surface area contributed by atoms with Gasteiger partial charge in [-0.2, -0.15) is 0 Å². The van der Waals surface area contributed by atoms with Gasteiger partial charge < -0.3 is 19.1 Å². The third-order valence-electron chi connectivity index (χ3n) is 2.87. The second-order valence-corrected chi connectivity index (χ2v) is 4.71. The van der Waals surface area contributed by atoms with Crippen molar-refractivity contribution in [1.82, 2.24) is 4.90 Å². The summed E-state index contributed by atoms with van der Waals surface area (Å²) in [6.07, 6.45) is 0.988. The zero-order valence-electron chi connectivity index (χ0n) is 12.6. The van der Waals surface area contributed by atoms with Gasteiger partial charge in [0, 0.05) is 13.0 Å². The quantitative estimate of drug-likeness (QED) is 0.679. The first kappa shape index (κ1) is 16.3. The van der Waals surface area contributed by atoms with Gasteiger partial charge in [0.15, 0.2) is 11.5 Å². The lowest BCUT2D eigenvalue weighted by Crippen LogP contribution is -2.19. The van der Waals surface area contributed by atoms with Crippen LogP contribution in [0.15, 0.2) is 18.2 Å². The molecule has 0 saturated heterocycles. The average molecular weight is 281 g/mol. The average Bonchev–Trinajstić information content (AvgIpc) is 2.45. The molecular formula is C15H23NO4. The fourth-order valence-electron chi connectivity index (χ4n) is 1.67. The van der Waals surface area contributed by atoms with Gasteiger partial charge in [-0.1, -0.05) is 6.07 Å². The van der Waals surface area contributed by atoms with Gasteiger partial charge in [0.2, 0.25) is 0 Å². The van der Waals surface area contributed by atoms with Crippen molar-refractivity contribution >= 4 is 5.97 Å². The second-order valence-electron chi connectivity index (χ2n) is 4.71. The molecule has 20 heavy (non-hydrogen) atoms. The fraction of sp³-hybridized carbons (Fsp3) is 0.533. The number of nitrogens with zero attached hydrogens (tertiary/aromatic N) is 1. The van der Waals surface area contributed by atoms with Crippen LogP contribution in [0.3, 0.4) is 0 Å². The number of rotatable bonds is 8. The third-order valence-corrected chi connectivity index (χ3v) is 2.87. The van der Waals surface area contributed by atoms with Crippen molar-refractivity contribution in [2.75, 3.05) is 41.5 Å². The van der Waals surface area contributed by atoms with E-state index in [9.17, 15) is 4.79 Å². The molecule has 0 heterocycles. The molecular weight excluding hydrogens is 258 g/mol. The summed E-state index contributed by atoms with van der Waals surface area (Å²) in [6.45, 7) is 1.44. The van der Waals surface area contributed by atoms with E-state index >= 15 is 0 Å². The summed E-state index contributed by atoms with van der Waals surface area (Å²) in [4.78, 5) is 13.2. The summed E-state index contributed by atoms with van der Waals surface area (Å²) < 4.78 is 15.6. The summed E-state index contributed by atoms with van der Waals surface area (Å²) in [5.74, 6) is 1.19. The van der Waals surface area contributed by atoms with Crippen LogP contribution in [0.25, 0.3) is 0 Å². The van der Waals surface area contributed by atoms with Crippen LogP contribution in [-0.2, 0) is 16.0 Å². The number of aryl methyl sites for hydroxylation is 1. The van der Waals surface area contributed by atoms with Gasteiger partial charge in [0.05, 0.1) is 14.2 Å². The van der Waals surface area contributed by atoms with Crippen LogP contribution in [0.5, 0.6) is 11.5 Å². The van der Waals surface area contributed by atoms with Crippen LogP contribution in [-0.4, -0.2) is 52.3 Å². The molecule has 0 unspecified atom stereocenters. The van der Waals surface area contributed by atoms with Crippen LogP contribution >= 0.6 is 0 Å². The van der Waals surface area contributed by atoms with Crippen molar-refractivity contribution in [3.8, 4) is 11.5 Å². The Morgan fingerprint density at radius 1 is 1.20 bits per heavy atom. The Labute approximate surface area is 120 Å². The van der Waals surface area contributed by atoms with Crippen molar-refractivity contribution in [2.45, 2.75) is 12.8 Å². The lowest BCUT2D eigenvalue weighted by molar-refractivity contribution is -0.140. The highest BCUT2D eigenvalue weighted by atomic mass is 16.5. The monoisotopic (exact) mass is 281 g/mol. The molecule has 0 saturated carbocycles. The summed E-state index contributed by atoms with van der Waals surface area (Å²) in [5.41, 5.74) is 1.02. The summed E-state index contributed by atoms with van der Waals surface area (Å²) in [6, 6.07) is 5.71. The minimum Gasteiger partial charge on any atom is -0.493 e. The Morgan fingerprint density at radius 2 is 1.95 bits per heavy atom. The smallest absolute Gasteiger partial charge is 0.305 e. The van der Waals surface area contributed by atoms with Gasteiger partial charge >= 0.3 is 5.97 Å². The van der Waals surface area contributed by atoms with Gasteiger partial charge in [-0.05, 0) is 38.2 Å². The lowest BCUT2D eigenvalue weighted by Gasteiger charge is -2.14. The molecule has 0 radical (unpaired) electrons. The van der Waals surface area contributed by atoms with Crippen LogP contribution in [0.1, 0.15) is 12.0 Å². The Hall–Kier alpha value is -1.75. The predicted octanol–water partition coefficient (Wildman–Crippen LogP) is 1.74. The number of hydrogen-bond acceptors (Lipinski definition) is 5. The highest BCUT2D eigenvalue weighted by Gasteiger charge is 2.08. The number of hydrogen-bond donors (Lipinski definition) is 0. The maximum absolute atomic E-state index is 11.1. The molecule has 0 aliphatic rings. The molecule has 0 spiro atoms. The topological polar surface area (TPSA) is 48.0 Å². The molecule has 1 rings (SSSR count). The molecule has 0 fully saturated rings. The zero-order valence-corrected chi connectivity index (χ0v) is 12.6. The molecule has 0 atom stereocenters. The summed E-state index contributed by atoms with van der Waals surface area (Å²) >= 11 is 0. The molecule has 0 bridgehead atoms. The number of methoxy groups -OCH3 is 2. The van der Waals surface area contributed by atoms with Gasteiger partial charge in [-0.25, -0.2) is 0 Å². The predicted molar refractivity (Wildman–Crippen MR) is 77.4 cm³/mol. The maximum atomic E-state index is 11.1. The minimum atomic E-state index is -0.213. The molecule has 1 aromatic rings. The van der Waals surface area contributed by atoms with E-state index in [4.69, 9.17) is 9.47 Å². The van der Waals surface area contributed by atoms with Crippen molar-refractivity contribution in [3.05, 3.63) is 23.8 Å². The molecule has 112 valence electrons. The Morgan fingerprint density at radius 3 is 2.55 bits per heavy atom. The van der Waals surface area contributed by atoms with E-state index in [1.807, 2.05) is 32.3 Å². The lowest BCUT2D eigenvalue weighted by atomic mass is 10.1. The molecule has 0 aliphatic heterocycles. The van der Waals surface area contributed by atoms with Gasteiger partial charge in [-0.15, -0.1) is 0 Å². The van der Waals surface area contributed by atoms with Crippen molar-refractivity contribution < 1.29 is 19.0 Å². The van der Waals surface area contributed by atoms with Crippen molar-refractivity contribution in [2.24, 2.45) is 0 Å². The molecule has 0 aromatic heterocycles. The molecule has 1 aromatic carbocycles. The molecule has 5 heteroatoms. The number of carbonyl (C=O) groups is 1. The van der Waals surface area contributed by atoms with E-state index in [1.54, 1.807) is 7.11 Å². The number of esters is 1. The van der Waals surface area contributed by atoms with E-state index < -0.39 is 0 Å². The molecule has 0 amide bonds. The van der Waals surface area contributed by atoms with E-state index in [-0.39, 0.29) is 5.97 Å². The van der Waals surface area contributed by atoms with Crippen molar-refractivity contribution in [3.63, 3.8) is 0 Å². The largest absolute Gasteiger partial charge is 0.493 e. The minimum absolute atomic E-state index is 0.213. The van der Waals surface area contributed by atoms with Crippen LogP contribution in [0.4, 0.5) is 0 Å². The first-order valence-corrected chi connectivity index (χ1v) is 6.58. The number of carbonyl (C=O) groups excluding carboxylic acids is 1. The van der Waals surface area contributed by atoms with Crippen molar-refractivity contribution in [1.29, 1.82) is 0 Å². The third kappa shape index (κ3) is 5.48. The SMILES string of the molecule is COC(=O)CCc1ccc(OCCN(C)C)c(OC)c1. The molecule has 0 N–H and O–H groups in total. The number of ether oxygens (including phenoxy) is 3. The van der Waals surface area contributed by atoms with Gasteiger partial charge in [0.25, 0.3) is 0 Å². The number of likely N-dealkylation sites (N-methyl/N-ethyl adjacent to an activating group) is 1. The fourth-order valence-corrected chi connectivity index (χ4v) is 1.67. The second kappa shape index (κ2) is 8.43. The van der Waals surface area contributed by atoms with Crippen LogP contribution < -0.4 is 9.47 Å².